The lowest BCUT2D eigenvalue weighted by Crippen LogP contribution is -2.44. The molecule has 138 valence electrons. The molecule has 1 N–H and O–H groups in total. The van der Waals surface area contributed by atoms with E-state index in [1.54, 1.807) is 36.2 Å². The first kappa shape index (κ1) is 18.1. The first-order chi connectivity index (χ1) is 12.3. The summed E-state index contributed by atoms with van der Waals surface area (Å²) in [5.41, 5.74) is 0.546. The van der Waals surface area contributed by atoms with Gasteiger partial charge in [0.25, 0.3) is 5.91 Å². The minimum atomic E-state index is -0.793. The number of amides is 4. The third-order valence-corrected chi connectivity index (χ3v) is 5.24. The van der Waals surface area contributed by atoms with Gasteiger partial charge in [0.1, 0.15) is 5.54 Å². The minimum absolute atomic E-state index is 0.0375. The van der Waals surface area contributed by atoms with Crippen molar-refractivity contribution in [2.75, 3.05) is 13.6 Å². The van der Waals surface area contributed by atoms with Crippen LogP contribution in [0.3, 0.4) is 0 Å². The molecular weight excluding hydrogens is 334 g/mol. The van der Waals surface area contributed by atoms with Crippen LogP contribution in [0.15, 0.2) is 24.3 Å². The second-order valence-electron chi connectivity index (χ2n) is 7.11. The molecule has 0 unspecified atom stereocenters. The van der Waals surface area contributed by atoms with Gasteiger partial charge in [-0.1, -0.05) is 37.1 Å². The second-order valence-corrected chi connectivity index (χ2v) is 7.11. The molecule has 1 aliphatic heterocycles. The second kappa shape index (κ2) is 6.90. The molecule has 2 aliphatic rings. The fraction of sp³-hybridized carbons (Fsp3) is 0.474. The zero-order valence-corrected chi connectivity index (χ0v) is 15.1. The van der Waals surface area contributed by atoms with E-state index in [4.69, 9.17) is 0 Å². The number of hydrogen-bond acceptors (Lipinski definition) is 4. The number of imide groups is 1. The highest BCUT2D eigenvalue weighted by molar-refractivity contribution is 6.11. The highest BCUT2D eigenvalue weighted by atomic mass is 16.2. The van der Waals surface area contributed by atoms with Crippen LogP contribution in [0.25, 0.3) is 0 Å². The molecule has 1 aliphatic carbocycles. The van der Waals surface area contributed by atoms with Crippen molar-refractivity contribution < 1.29 is 19.2 Å². The van der Waals surface area contributed by atoms with E-state index in [1.807, 2.05) is 0 Å². The Morgan fingerprint density at radius 1 is 1.15 bits per heavy atom. The van der Waals surface area contributed by atoms with E-state index in [0.29, 0.717) is 24.9 Å². The Morgan fingerprint density at radius 3 is 2.35 bits per heavy atom. The fourth-order valence-electron chi connectivity index (χ4n) is 3.55. The lowest BCUT2D eigenvalue weighted by molar-refractivity contribution is -0.131. The Morgan fingerprint density at radius 2 is 1.77 bits per heavy atom. The maximum atomic E-state index is 12.6. The molecule has 7 heteroatoms. The molecule has 0 aromatic heterocycles. The van der Waals surface area contributed by atoms with Gasteiger partial charge in [-0.05, 0) is 18.4 Å². The van der Waals surface area contributed by atoms with Gasteiger partial charge in [-0.25, -0.2) is 4.79 Å². The van der Waals surface area contributed by atoms with Gasteiger partial charge in [0.2, 0.25) is 5.91 Å². The van der Waals surface area contributed by atoms with Crippen molar-refractivity contribution in [1.29, 1.82) is 0 Å². The summed E-state index contributed by atoms with van der Waals surface area (Å²) in [5, 5.41) is 2.77. The molecule has 26 heavy (non-hydrogen) atoms. The van der Waals surface area contributed by atoms with Crippen molar-refractivity contribution in [3.63, 3.8) is 0 Å². The van der Waals surface area contributed by atoms with E-state index in [2.05, 4.69) is 5.32 Å². The van der Waals surface area contributed by atoms with Crippen LogP contribution in [-0.2, 0) is 16.1 Å². The molecule has 4 amide bonds. The van der Waals surface area contributed by atoms with Crippen molar-refractivity contribution in [1.82, 2.24) is 15.1 Å². The van der Waals surface area contributed by atoms with Gasteiger partial charge in [0.05, 0.1) is 6.54 Å². The van der Waals surface area contributed by atoms with E-state index < -0.39 is 11.6 Å². The van der Waals surface area contributed by atoms with Crippen LogP contribution in [0.2, 0.25) is 0 Å². The van der Waals surface area contributed by atoms with Crippen molar-refractivity contribution in [2.24, 2.45) is 0 Å². The van der Waals surface area contributed by atoms with Crippen LogP contribution in [0.5, 0.6) is 0 Å². The van der Waals surface area contributed by atoms with Crippen molar-refractivity contribution in [2.45, 2.75) is 44.7 Å². The zero-order valence-electron chi connectivity index (χ0n) is 15.1. The topological polar surface area (TPSA) is 86.8 Å². The molecule has 1 heterocycles. The maximum Gasteiger partial charge on any atom is 0.325 e. The number of urea groups is 1. The molecule has 7 nitrogen and oxygen atoms in total. The smallest absolute Gasteiger partial charge is 0.325 e. The average molecular weight is 357 g/mol. The van der Waals surface area contributed by atoms with Gasteiger partial charge in [0, 0.05) is 26.1 Å². The number of ketones is 1. The maximum absolute atomic E-state index is 12.6. The van der Waals surface area contributed by atoms with Crippen molar-refractivity contribution in [3.8, 4) is 0 Å². The molecule has 1 saturated heterocycles. The molecule has 1 spiro atoms. The molecule has 0 atom stereocenters. The van der Waals surface area contributed by atoms with Gasteiger partial charge >= 0.3 is 6.03 Å². The lowest BCUT2D eigenvalue weighted by Gasteiger charge is -2.19. The fourth-order valence-corrected chi connectivity index (χ4v) is 3.55. The van der Waals surface area contributed by atoms with Crippen LogP contribution >= 0.6 is 0 Å². The van der Waals surface area contributed by atoms with Gasteiger partial charge in [-0.3, -0.25) is 19.3 Å². The van der Waals surface area contributed by atoms with E-state index in [9.17, 15) is 19.2 Å². The molecule has 1 aromatic rings. The number of rotatable bonds is 5. The summed E-state index contributed by atoms with van der Waals surface area (Å²) in [7, 11) is 1.71. The predicted octanol–water partition coefficient (Wildman–Crippen LogP) is 1.71. The molecule has 1 saturated carbocycles. The average Bonchev–Trinajstić information content (AvgIpc) is 3.16. The number of Topliss-reactive ketones (excluding diaryl/α,β-unsaturated/α-hetero) is 1. The van der Waals surface area contributed by atoms with Gasteiger partial charge in [-0.15, -0.1) is 0 Å². The van der Waals surface area contributed by atoms with Gasteiger partial charge in [0.15, 0.2) is 5.78 Å². The molecule has 0 bridgehead atoms. The highest BCUT2D eigenvalue weighted by Crippen LogP contribution is 2.35. The summed E-state index contributed by atoms with van der Waals surface area (Å²) in [4.78, 5) is 51.1. The largest absolute Gasteiger partial charge is 0.342 e. The predicted molar refractivity (Wildman–Crippen MR) is 94.4 cm³/mol. The first-order valence-corrected chi connectivity index (χ1v) is 8.80. The van der Waals surface area contributed by atoms with E-state index in [1.165, 1.54) is 6.92 Å². The van der Waals surface area contributed by atoms with Crippen LogP contribution in [0.4, 0.5) is 4.79 Å². The summed E-state index contributed by atoms with van der Waals surface area (Å²) >= 11 is 0. The molecular formula is C19H23N3O4. The number of carbonyl (C=O) groups is 4. The number of carbonyl (C=O) groups excluding carboxylic acids is 4. The van der Waals surface area contributed by atoms with Crippen LogP contribution in [0.1, 0.15) is 48.5 Å². The standard InChI is InChI=1S/C19H23N3O4/c1-13(23)21(2)11-14-5-7-15(8-6-14)16(24)12-22-17(25)19(20-18(22)26)9-3-4-10-19/h5-8H,3-4,9-12H2,1-2H3,(H,20,26). The van der Waals surface area contributed by atoms with E-state index in [0.717, 1.165) is 23.3 Å². The van der Waals surface area contributed by atoms with E-state index in [-0.39, 0.29) is 24.1 Å². The lowest BCUT2D eigenvalue weighted by atomic mass is 9.98. The summed E-state index contributed by atoms with van der Waals surface area (Å²) in [5.74, 6) is -0.604. The van der Waals surface area contributed by atoms with Crippen molar-refractivity contribution >= 4 is 23.6 Å². The highest BCUT2D eigenvalue weighted by Gasteiger charge is 2.52. The van der Waals surface area contributed by atoms with E-state index >= 15 is 0 Å². The Hall–Kier alpha value is -2.70. The Balaban J connectivity index is 1.65. The van der Waals surface area contributed by atoms with Crippen LogP contribution in [0, 0.1) is 0 Å². The van der Waals surface area contributed by atoms with Gasteiger partial charge in [-0.2, -0.15) is 0 Å². The Labute approximate surface area is 152 Å². The molecule has 1 aromatic carbocycles. The van der Waals surface area contributed by atoms with Gasteiger partial charge < -0.3 is 10.2 Å². The summed E-state index contributed by atoms with van der Waals surface area (Å²) in [6.45, 7) is 1.70. The number of nitrogens with zero attached hydrogens (tertiary/aromatic N) is 2. The SMILES string of the molecule is CC(=O)N(C)Cc1ccc(C(=O)CN2C(=O)NC3(CCCC3)C2=O)cc1. The number of hydrogen-bond donors (Lipinski definition) is 1. The first-order valence-electron chi connectivity index (χ1n) is 8.80. The monoisotopic (exact) mass is 357 g/mol. The van der Waals surface area contributed by atoms with Crippen molar-refractivity contribution in [3.05, 3.63) is 35.4 Å². The quantitative estimate of drug-likeness (QED) is 0.642. The summed E-state index contributed by atoms with van der Waals surface area (Å²) in [6, 6.07) is 6.39. The third-order valence-electron chi connectivity index (χ3n) is 5.24. The molecule has 2 fully saturated rings. The summed E-state index contributed by atoms with van der Waals surface area (Å²) in [6.07, 6.45) is 3.09. The zero-order chi connectivity index (χ0) is 18.9. The third kappa shape index (κ3) is 3.34. The Kier molecular flexibility index (Phi) is 4.80. The number of nitrogens with one attached hydrogen (secondary N) is 1. The summed E-state index contributed by atoms with van der Waals surface area (Å²) < 4.78 is 0. The van der Waals surface area contributed by atoms with Crippen LogP contribution in [-0.4, -0.2) is 52.6 Å². The minimum Gasteiger partial charge on any atom is -0.342 e. The molecule has 0 radical (unpaired) electrons. The Bertz CT molecular complexity index is 751. The van der Waals surface area contributed by atoms with Crippen LogP contribution < -0.4 is 5.32 Å². The normalized spacial score (nSPS) is 18.3. The number of benzene rings is 1. The molecule has 3 rings (SSSR count).